The van der Waals surface area contributed by atoms with Crippen molar-refractivity contribution in [2.75, 3.05) is 19.8 Å². The summed E-state index contributed by atoms with van der Waals surface area (Å²) in [5.41, 5.74) is 0. The number of allylic oxidation sites excluding steroid dienone is 19. The second-order valence-corrected chi connectivity index (χ2v) is 17.9. The minimum Gasteiger partial charge on any atom is -0.394 e. The largest absolute Gasteiger partial charge is 0.394 e. The lowest BCUT2D eigenvalue weighted by Gasteiger charge is -2.46. The summed E-state index contributed by atoms with van der Waals surface area (Å²) in [5.74, 6) is -0.276. The zero-order chi connectivity index (χ0) is 51.7. The number of unbranched alkanes of at least 4 members (excludes halogenated alkanes) is 7. The van der Waals surface area contributed by atoms with Crippen molar-refractivity contribution in [3.63, 3.8) is 0 Å². The van der Waals surface area contributed by atoms with Gasteiger partial charge in [0.25, 0.3) is 0 Å². The zero-order valence-electron chi connectivity index (χ0n) is 42.7. The molecule has 0 aliphatic carbocycles. The Morgan fingerprint density at radius 2 is 0.972 bits per heavy atom. The van der Waals surface area contributed by atoms with Gasteiger partial charge in [-0.05, 0) is 83.5 Å². The fourth-order valence-corrected chi connectivity index (χ4v) is 7.62. The number of carbonyl (C=O) groups is 1. The molecule has 1 amide bonds. The standard InChI is InChI=1S/C57H91NO13/c1-3-5-7-9-10-11-12-13-14-15-16-17-18-19-20-21-22-23-24-25-26-27-28-29-30-31-32-33-34-35-36-37-39-41-49(62)58-45(46(61)40-38-8-6-4-2)44-68-56-54(67)52(65)55(48(43-60)70-56)71-57-53(66)51(64)50(63)47(42-59)69-57/h5,7,10-11,13-14,16-17,19-20,22-23,25-26,28-29,31-32,38,40,45-48,50-57,59-61,63-67H,3-4,6,8-9,12,15,18,21,24,27,30,33-37,39,41-44H2,1-2H3,(H,58,62)/b7-5-,11-10-,14-13-,17-16-,20-19-,23-22-,26-25-,29-28-,32-31-,40-38+. The molecule has 402 valence electrons. The fraction of sp³-hybridized carbons (Fsp3) is 0.632. The van der Waals surface area contributed by atoms with Crippen LogP contribution >= 0.6 is 0 Å². The van der Waals surface area contributed by atoms with Gasteiger partial charge in [-0.1, -0.05) is 167 Å². The Hall–Kier alpha value is -3.61. The number of nitrogens with one attached hydrogen (secondary N) is 1. The molecule has 14 nitrogen and oxygen atoms in total. The van der Waals surface area contributed by atoms with Crippen LogP contribution in [0.25, 0.3) is 0 Å². The maximum atomic E-state index is 13.0. The van der Waals surface area contributed by atoms with Gasteiger partial charge in [-0.3, -0.25) is 4.79 Å². The molecule has 0 spiro atoms. The highest BCUT2D eigenvalue weighted by Crippen LogP contribution is 2.30. The molecule has 2 aliphatic heterocycles. The number of hydrogen-bond acceptors (Lipinski definition) is 13. The number of aliphatic hydroxyl groups is 8. The van der Waals surface area contributed by atoms with Gasteiger partial charge in [0.1, 0.15) is 48.8 Å². The molecule has 0 aromatic carbocycles. The Morgan fingerprint density at radius 1 is 0.521 bits per heavy atom. The second kappa shape index (κ2) is 41.8. The lowest BCUT2D eigenvalue weighted by molar-refractivity contribution is -0.359. The summed E-state index contributed by atoms with van der Waals surface area (Å²) in [7, 11) is 0. The second-order valence-electron chi connectivity index (χ2n) is 17.9. The lowest BCUT2D eigenvalue weighted by Crippen LogP contribution is -2.65. The van der Waals surface area contributed by atoms with Crippen molar-refractivity contribution in [2.45, 2.75) is 209 Å². The Kier molecular flexibility index (Phi) is 37.4. The molecule has 2 fully saturated rings. The van der Waals surface area contributed by atoms with Crippen LogP contribution in [0.15, 0.2) is 122 Å². The third-order valence-electron chi connectivity index (χ3n) is 11.9. The van der Waals surface area contributed by atoms with Crippen LogP contribution in [-0.4, -0.2) is 140 Å². The third kappa shape index (κ3) is 28.4. The normalized spacial score (nSPS) is 26.8. The molecule has 2 heterocycles. The van der Waals surface area contributed by atoms with Crippen LogP contribution in [0.4, 0.5) is 0 Å². The average molecular weight is 998 g/mol. The van der Waals surface area contributed by atoms with Crippen molar-refractivity contribution in [1.29, 1.82) is 0 Å². The van der Waals surface area contributed by atoms with E-state index in [4.69, 9.17) is 18.9 Å². The predicted molar refractivity (Wildman–Crippen MR) is 281 cm³/mol. The van der Waals surface area contributed by atoms with Crippen molar-refractivity contribution in [3.8, 4) is 0 Å². The maximum Gasteiger partial charge on any atom is 0.220 e. The highest BCUT2D eigenvalue weighted by molar-refractivity contribution is 5.76. The van der Waals surface area contributed by atoms with E-state index >= 15 is 0 Å². The number of rotatable bonds is 38. The number of amides is 1. The van der Waals surface area contributed by atoms with Gasteiger partial charge in [0.05, 0.1) is 32.0 Å². The summed E-state index contributed by atoms with van der Waals surface area (Å²) >= 11 is 0. The molecule has 2 saturated heterocycles. The number of ether oxygens (including phenoxy) is 4. The minimum absolute atomic E-state index is 0.248. The molecule has 71 heavy (non-hydrogen) atoms. The molecule has 12 unspecified atom stereocenters. The maximum absolute atomic E-state index is 13.0. The van der Waals surface area contributed by atoms with Gasteiger partial charge >= 0.3 is 0 Å². The van der Waals surface area contributed by atoms with E-state index in [1.54, 1.807) is 6.08 Å². The van der Waals surface area contributed by atoms with Crippen LogP contribution in [0.2, 0.25) is 0 Å². The van der Waals surface area contributed by atoms with Crippen LogP contribution in [0.3, 0.4) is 0 Å². The Bertz CT molecular complexity index is 1650. The average Bonchev–Trinajstić information content (AvgIpc) is 3.37. The molecule has 0 aromatic heterocycles. The molecule has 0 radical (unpaired) electrons. The van der Waals surface area contributed by atoms with Gasteiger partial charge in [-0.2, -0.15) is 0 Å². The number of aliphatic hydroxyl groups excluding tert-OH is 8. The van der Waals surface area contributed by atoms with E-state index in [1.807, 2.05) is 6.08 Å². The molecule has 12 atom stereocenters. The molecule has 14 heteroatoms. The van der Waals surface area contributed by atoms with E-state index in [2.05, 4.69) is 129 Å². The first-order chi connectivity index (χ1) is 34.6. The summed E-state index contributed by atoms with van der Waals surface area (Å²) < 4.78 is 22.5. The fourth-order valence-electron chi connectivity index (χ4n) is 7.62. The van der Waals surface area contributed by atoms with E-state index in [9.17, 15) is 45.6 Å². The first kappa shape index (κ1) is 63.5. The van der Waals surface area contributed by atoms with Crippen molar-refractivity contribution >= 4 is 5.91 Å². The van der Waals surface area contributed by atoms with E-state index in [0.717, 1.165) is 109 Å². The number of hydrogen-bond donors (Lipinski definition) is 9. The summed E-state index contributed by atoms with van der Waals surface area (Å²) in [6.07, 6.45) is 43.4. The molecule has 2 rings (SSSR count). The van der Waals surface area contributed by atoms with Crippen LogP contribution in [0.1, 0.15) is 136 Å². The first-order valence-electron chi connectivity index (χ1n) is 26.3. The molecule has 2 aliphatic rings. The zero-order valence-corrected chi connectivity index (χ0v) is 42.7. The Labute approximate surface area is 425 Å². The van der Waals surface area contributed by atoms with Gasteiger partial charge in [-0.15, -0.1) is 0 Å². The van der Waals surface area contributed by atoms with E-state index in [1.165, 1.54) is 0 Å². The van der Waals surface area contributed by atoms with Crippen molar-refractivity contribution in [2.24, 2.45) is 0 Å². The number of carbonyl (C=O) groups excluding carboxylic acids is 1. The van der Waals surface area contributed by atoms with Gasteiger partial charge in [0, 0.05) is 6.42 Å². The molecular weight excluding hydrogens is 907 g/mol. The van der Waals surface area contributed by atoms with Crippen LogP contribution in [0.5, 0.6) is 0 Å². The van der Waals surface area contributed by atoms with Crippen molar-refractivity contribution in [3.05, 3.63) is 122 Å². The summed E-state index contributed by atoms with van der Waals surface area (Å²) in [6, 6.07) is -0.930. The highest BCUT2D eigenvalue weighted by Gasteiger charge is 2.51. The van der Waals surface area contributed by atoms with Gasteiger partial charge < -0.3 is 65.1 Å². The van der Waals surface area contributed by atoms with E-state index < -0.39 is 86.8 Å². The van der Waals surface area contributed by atoms with Gasteiger partial charge in [-0.25, -0.2) is 0 Å². The summed E-state index contributed by atoms with van der Waals surface area (Å²) in [6.45, 7) is 2.45. The van der Waals surface area contributed by atoms with Crippen LogP contribution in [0, 0.1) is 0 Å². The monoisotopic (exact) mass is 998 g/mol. The molecule has 0 aromatic rings. The lowest BCUT2D eigenvalue weighted by atomic mass is 9.97. The molecule has 0 saturated carbocycles. The van der Waals surface area contributed by atoms with Crippen molar-refractivity contribution < 1.29 is 64.6 Å². The Balaban J connectivity index is 1.62. The SMILES string of the molecule is CC/C=C\C/C=C\C/C=C\C/C=C\C/C=C\C/C=C\C/C=C\C/C=C\C/C=C\CCCCCCCC(=O)NC(COC1OC(CO)C(OC2OC(CO)C(O)C(O)C2O)C(O)C1O)C(O)/C=C/CCCC. The van der Waals surface area contributed by atoms with Crippen LogP contribution in [-0.2, 0) is 23.7 Å². The molecular formula is C57H91NO13. The van der Waals surface area contributed by atoms with Crippen molar-refractivity contribution in [1.82, 2.24) is 5.32 Å². The molecule has 0 bridgehead atoms. The molecule has 9 N–H and O–H groups in total. The quantitative estimate of drug-likeness (QED) is 0.0216. The van der Waals surface area contributed by atoms with Gasteiger partial charge in [0.2, 0.25) is 5.91 Å². The van der Waals surface area contributed by atoms with Crippen LogP contribution < -0.4 is 5.32 Å². The smallest absolute Gasteiger partial charge is 0.220 e. The highest BCUT2D eigenvalue weighted by atomic mass is 16.7. The third-order valence-corrected chi connectivity index (χ3v) is 11.9. The summed E-state index contributed by atoms with van der Waals surface area (Å²) in [5, 5.41) is 86.0. The minimum atomic E-state index is -1.79. The Morgan fingerprint density at radius 3 is 1.48 bits per heavy atom. The van der Waals surface area contributed by atoms with E-state index in [-0.39, 0.29) is 18.9 Å². The van der Waals surface area contributed by atoms with Gasteiger partial charge in [0.15, 0.2) is 12.6 Å². The van der Waals surface area contributed by atoms with E-state index in [0.29, 0.717) is 6.42 Å². The first-order valence-corrected chi connectivity index (χ1v) is 26.3. The summed E-state index contributed by atoms with van der Waals surface area (Å²) in [4.78, 5) is 13.0. The predicted octanol–water partition coefficient (Wildman–Crippen LogP) is 7.49. The topological polar surface area (TPSA) is 228 Å².